The second-order valence-electron chi connectivity index (χ2n) is 10.9. The molecule has 1 saturated heterocycles. The maximum absolute atomic E-state index is 12.4. The summed E-state index contributed by atoms with van der Waals surface area (Å²) in [7, 11) is 0. The Kier molecular flexibility index (Phi) is 5.36. The zero-order valence-electron chi connectivity index (χ0n) is 18.9. The van der Waals surface area contributed by atoms with E-state index in [1.165, 1.54) is 25.7 Å². The second-order valence-corrected chi connectivity index (χ2v) is 10.9. The summed E-state index contributed by atoms with van der Waals surface area (Å²) in [5.41, 5.74) is 1.22. The Morgan fingerprint density at radius 3 is 2.61 bits per heavy atom. The number of ether oxygens (including phenoxy) is 1. The fraction of sp³-hybridized carbons (Fsp3) is 0.692. The lowest BCUT2D eigenvalue weighted by molar-refractivity contribution is -0.143. The molecule has 1 heterocycles. The maximum Gasteiger partial charge on any atom is 0.250 e. The highest BCUT2D eigenvalue weighted by atomic mass is 16.5. The third-order valence-corrected chi connectivity index (χ3v) is 9.48. The minimum atomic E-state index is -0.0714. The van der Waals surface area contributed by atoms with Gasteiger partial charge in [0.05, 0.1) is 6.10 Å². The molecule has 5 heteroatoms. The standard InChI is InChI=1S/C26H36N2O3/c1-25-15-13-23(29)28-21(25)10-8-18-19-9-11-22(26(19,2)14-12-20(18)25)31-16-24(30)27-17-6-4-3-5-7-17/h3-7,18-22H,8-16H2,1-2H3,(H,27,30)(H,28,29)/t18-,19-,20+,21?,22?,25+,26-/m0/s1. The first-order chi connectivity index (χ1) is 14.9. The van der Waals surface area contributed by atoms with Gasteiger partial charge < -0.3 is 15.4 Å². The normalized spacial score (nSPS) is 41.5. The first kappa shape index (κ1) is 21.0. The van der Waals surface area contributed by atoms with Crippen molar-refractivity contribution in [3.8, 4) is 0 Å². The van der Waals surface area contributed by atoms with Crippen LogP contribution in [0.4, 0.5) is 5.69 Å². The Bertz CT molecular complexity index is 842. The fourth-order valence-electron chi connectivity index (χ4n) is 7.82. The van der Waals surface area contributed by atoms with Crippen LogP contribution in [0.2, 0.25) is 0 Å². The minimum absolute atomic E-state index is 0.0714. The third kappa shape index (κ3) is 3.59. The van der Waals surface area contributed by atoms with Crippen molar-refractivity contribution in [3.05, 3.63) is 30.3 Å². The molecule has 4 fully saturated rings. The Morgan fingerprint density at radius 2 is 1.81 bits per heavy atom. The van der Waals surface area contributed by atoms with Crippen molar-refractivity contribution in [1.29, 1.82) is 0 Å². The van der Waals surface area contributed by atoms with Crippen molar-refractivity contribution < 1.29 is 14.3 Å². The number of benzene rings is 1. The number of carbonyl (C=O) groups is 2. The molecule has 5 nitrogen and oxygen atoms in total. The summed E-state index contributed by atoms with van der Waals surface area (Å²) in [5.74, 6) is 2.26. The lowest BCUT2D eigenvalue weighted by atomic mass is 9.47. The largest absolute Gasteiger partial charge is 0.368 e. The number of hydrogen-bond acceptors (Lipinski definition) is 3. The predicted molar refractivity (Wildman–Crippen MR) is 120 cm³/mol. The number of carbonyl (C=O) groups excluding carboxylic acids is 2. The van der Waals surface area contributed by atoms with Crippen LogP contribution in [0.5, 0.6) is 0 Å². The van der Waals surface area contributed by atoms with E-state index >= 15 is 0 Å². The SMILES string of the molecule is C[C@]12CCC(=O)NC1CC[C@@H]1[C@H]2CC[C@]2(C)C(OCC(=O)Nc3ccccc3)CC[C@@H]12. The molecule has 2 N–H and O–H groups in total. The van der Waals surface area contributed by atoms with Crippen LogP contribution in [0.15, 0.2) is 30.3 Å². The van der Waals surface area contributed by atoms with Crippen LogP contribution in [-0.2, 0) is 14.3 Å². The van der Waals surface area contributed by atoms with Crippen LogP contribution in [0.25, 0.3) is 0 Å². The van der Waals surface area contributed by atoms with E-state index in [-0.39, 0.29) is 35.4 Å². The van der Waals surface area contributed by atoms with Gasteiger partial charge in [0.25, 0.3) is 0 Å². The summed E-state index contributed by atoms with van der Waals surface area (Å²) in [6.45, 7) is 4.98. The van der Waals surface area contributed by atoms with E-state index in [2.05, 4.69) is 24.5 Å². The molecule has 4 aliphatic rings. The van der Waals surface area contributed by atoms with Crippen LogP contribution in [0, 0.1) is 28.6 Å². The van der Waals surface area contributed by atoms with Crippen LogP contribution >= 0.6 is 0 Å². The topological polar surface area (TPSA) is 67.4 Å². The average molecular weight is 425 g/mol. The average Bonchev–Trinajstić information content (AvgIpc) is 3.10. The van der Waals surface area contributed by atoms with E-state index in [0.29, 0.717) is 24.3 Å². The fourth-order valence-corrected chi connectivity index (χ4v) is 7.82. The molecule has 3 aliphatic carbocycles. The number of fused-ring (bicyclic) bond motifs is 5. The molecule has 1 aliphatic heterocycles. The van der Waals surface area contributed by atoms with Gasteiger partial charge in [-0.3, -0.25) is 9.59 Å². The lowest BCUT2D eigenvalue weighted by Crippen LogP contribution is -2.61. The zero-order valence-corrected chi connectivity index (χ0v) is 18.9. The summed E-state index contributed by atoms with van der Waals surface area (Å²) in [6, 6.07) is 9.94. The van der Waals surface area contributed by atoms with Gasteiger partial charge in [0, 0.05) is 18.2 Å². The number of rotatable bonds is 4. The number of anilines is 1. The molecule has 7 atom stereocenters. The summed E-state index contributed by atoms with van der Waals surface area (Å²) in [4.78, 5) is 24.4. The molecule has 1 aromatic rings. The number of amides is 2. The Hall–Kier alpha value is -1.88. The number of para-hydroxylation sites is 1. The van der Waals surface area contributed by atoms with Crippen molar-refractivity contribution in [3.63, 3.8) is 0 Å². The first-order valence-corrected chi connectivity index (χ1v) is 12.2. The molecular weight excluding hydrogens is 388 g/mol. The van der Waals surface area contributed by atoms with Crippen LogP contribution in [0.3, 0.4) is 0 Å². The molecule has 0 radical (unpaired) electrons. The Balaban J connectivity index is 1.24. The summed E-state index contributed by atoms with van der Waals surface area (Å²) in [5, 5.41) is 6.25. The highest BCUT2D eigenvalue weighted by Gasteiger charge is 2.60. The van der Waals surface area contributed by atoms with E-state index in [1.54, 1.807) is 0 Å². The molecule has 2 amide bonds. The molecule has 5 rings (SSSR count). The minimum Gasteiger partial charge on any atom is -0.368 e. The van der Waals surface area contributed by atoms with Gasteiger partial charge in [-0.1, -0.05) is 32.0 Å². The molecule has 3 saturated carbocycles. The highest BCUT2D eigenvalue weighted by molar-refractivity contribution is 5.91. The van der Waals surface area contributed by atoms with E-state index in [9.17, 15) is 9.59 Å². The Labute approximate surface area is 185 Å². The van der Waals surface area contributed by atoms with E-state index in [4.69, 9.17) is 4.74 Å². The highest BCUT2D eigenvalue weighted by Crippen LogP contribution is 2.64. The van der Waals surface area contributed by atoms with E-state index in [1.807, 2.05) is 30.3 Å². The summed E-state index contributed by atoms with van der Waals surface area (Å²) < 4.78 is 6.27. The number of hydrogen-bond donors (Lipinski definition) is 2. The third-order valence-electron chi connectivity index (χ3n) is 9.48. The van der Waals surface area contributed by atoms with Crippen LogP contribution in [-0.4, -0.2) is 30.6 Å². The van der Waals surface area contributed by atoms with Crippen molar-refractivity contribution in [2.24, 2.45) is 28.6 Å². The molecule has 0 spiro atoms. The molecule has 2 unspecified atom stereocenters. The van der Waals surface area contributed by atoms with Gasteiger partial charge in [0.15, 0.2) is 0 Å². The molecule has 31 heavy (non-hydrogen) atoms. The monoisotopic (exact) mass is 424 g/mol. The van der Waals surface area contributed by atoms with Crippen LogP contribution in [0.1, 0.15) is 65.2 Å². The lowest BCUT2D eigenvalue weighted by Gasteiger charge is -2.60. The molecule has 0 aromatic heterocycles. The smallest absolute Gasteiger partial charge is 0.250 e. The summed E-state index contributed by atoms with van der Waals surface area (Å²) >= 11 is 0. The molecule has 1 aromatic carbocycles. The van der Waals surface area contributed by atoms with Crippen LogP contribution < -0.4 is 10.6 Å². The quantitative estimate of drug-likeness (QED) is 0.746. The summed E-state index contributed by atoms with van der Waals surface area (Å²) in [6.07, 6.45) is 8.85. The molecular formula is C26H36N2O3. The van der Waals surface area contributed by atoms with Gasteiger partial charge >= 0.3 is 0 Å². The molecule has 0 bridgehead atoms. The van der Waals surface area contributed by atoms with Crippen molar-refractivity contribution in [1.82, 2.24) is 5.32 Å². The van der Waals surface area contributed by atoms with Crippen molar-refractivity contribution >= 4 is 17.5 Å². The van der Waals surface area contributed by atoms with Crippen molar-refractivity contribution in [2.75, 3.05) is 11.9 Å². The first-order valence-electron chi connectivity index (χ1n) is 12.2. The van der Waals surface area contributed by atoms with Crippen molar-refractivity contribution in [2.45, 2.75) is 77.4 Å². The van der Waals surface area contributed by atoms with Gasteiger partial charge in [0.1, 0.15) is 6.61 Å². The number of piperidine rings is 1. The van der Waals surface area contributed by atoms with Gasteiger partial charge in [-0.2, -0.15) is 0 Å². The Morgan fingerprint density at radius 1 is 1.03 bits per heavy atom. The van der Waals surface area contributed by atoms with Gasteiger partial charge in [-0.15, -0.1) is 0 Å². The zero-order chi connectivity index (χ0) is 21.6. The van der Waals surface area contributed by atoms with Gasteiger partial charge in [-0.25, -0.2) is 0 Å². The number of nitrogens with one attached hydrogen (secondary N) is 2. The maximum atomic E-state index is 12.4. The van der Waals surface area contributed by atoms with E-state index in [0.717, 1.165) is 30.9 Å². The van der Waals surface area contributed by atoms with Gasteiger partial charge in [-0.05, 0) is 85.7 Å². The predicted octanol–water partition coefficient (Wildman–Crippen LogP) is 4.53. The van der Waals surface area contributed by atoms with E-state index < -0.39 is 0 Å². The molecule has 168 valence electrons. The second kappa shape index (κ2) is 7.91. The van der Waals surface area contributed by atoms with Gasteiger partial charge in [0.2, 0.25) is 11.8 Å².